The summed E-state index contributed by atoms with van der Waals surface area (Å²) in [5.74, 6) is -2.13. The standard InChI is InChI=1S/C13H6F7NO/c14-11-5-8(9(6-21-11)12(15,16)17)7-3-1-2-4-10(7)22-13(18,19)20/h1-6H. The van der Waals surface area contributed by atoms with Gasteiger partial charge in [-0.15, -0.1) is 13.2 Å². The molecule has 0 unspecified atom stereocenters. The second-order valence-electron chi connectivity index (χ2n) is 4.09. The molecule has 2 nitrogen and oxygen atoms in total. The summed E-state index contributed by atoms with van der Waals surface area (Å²) in [5, 5.41) is 0. The topological polar surface area (TPSA) is 22.1 Å². The molecule has 0 radical (unpaired) electrons. The molecule has 0 saturated carbocycles. The van der Waals surface area contributed by atoms with Crippen molar-refractivity contribution in [1.29, 1.82) is 0 Å². The smallest absolute Gasteiger partial charge is 0.405 e. The molecular formula is C13H6F7NO. The van der Waals surface area contributed by atoms with Gasteiger partial charge < -0.3 is 4.74 Å². The second-order valence-corrected chi connectivity index (χ2v) is 4.09. The van der Waals surface area contributed by atoms with Gasteiger partial charge in [-0.1, -0.05) is 18.2 Å². The first kappa shape index (κ1) is 16.1. The molecule has 22 heavy (non-hydrogen) atoms. The Labute approximate surface area is 119 Å². The fourth-order valence-corrected chi connectivity index (χ4v) is 1.78. The number of hydrogen-bond acceptors (Lipinski definition) is 2. The summed E-state index contributed by atoms with van der Waals surface area (Å²) in [5.41, 5.74) is -2.71. The van der Waals surface area contributed by atoms with Crippen molar-refractivity contribution in [2.45, 2.75) is 12.5 Å². The fourth-order valence-electron chi connectivity index (χ4n) is 1.78. The number of nitrogens with zero attached hydrogens (tertiary/aromatic N) is 1. The number of para-hydroxylation sites is 1. The van der Waals surface area contributed by atoms with E-state index in [2.05, 4.69) is 9.72 Å². The van der Waals surface area contributed by atoms with E-state index in [9.17, 15) is 30.7 Å². The quantitative estimate of drug-likeness (QED) is 0.584. The van der Waals surface area contributed by atoms with Gasteiger partial charge in [-0.3, -0.25) is 0 Å². The van der Waals surface area contributed by atoms with Gasteiger partial charge >= 0.3 is 12.5 Å². The van der Waals surface area contributed by atoms with Crippen LogP contribution in [0.3, 0.4) is 0 Å². The Morgan fingerprint density at radius 1 is 0.909 bits per heavy atom. The molecule has 0 N–H and O–H groups in total. The van der Waals surface area contributed by atoms with E-state index in [-0.39, 0.29) is 6.20 Å². The van der Waals surface area contributed by atoms with Crippen LogP contribution in [-0.4, -0.2) is 11.3 Å². The molecule has 0 aliphatic rings. The van der Waals surface area contributed by atoms with E-state index >= 15 is 0 Å². The van der Waals surface area contributed by atoms with Gasteiger partial charge in [0.2, 0.25) is 5.95 Å². The van der Waals surface area contributed by atoms with Crippen molar-refractivity contribution >= 4 is 0 Å². The maximum Gasteiger partial charge on any atom is 0.573 e. The van der Waals surface area contributed by atoms with E-state index in [1.165, 1.54) is 6.07 Å². The van der Waals surface area contributed by atoms with E-state index in [1.54, 1.807) is 0 Å². The average Bonchev–Trinajstić information content (AvgIpc) is 2.35. The minimum Gasteiger partial charge on any atom is -0.405 e. The van der Waals surface area contributed by atoms with Crippen molar-refractivity contribution in [2.75, 3.05) is 0 Å². The zero-order valence-corrected chi connectivity index (χ0v) is 10.5. The highest BCUT2D eigenvalue weighted by molar-refractivity contribution is 5.73. The van der Waals surface area contributed by atoms with Crippen molar-refractivity contribution in [3.05, 3.63) is 48.0 Å². The van der Waals surface area contributed by atoms with E-state index in [1.807, 2.05) is 0 Å². The van der Waals surface area contributed by atoms with E-state index in [0.717, 1.165) is 18.2 Å². The minimum absolute atomic E-state index is 0.217. The largest absolute Gasteiger partial charge is 0.573 e. The maximum absolute atomic E-state index is 13.1. The van der Waals surface area contributed by atoms with Crippen molar-refractivity contribution in [1.82, 2.24) is 4.98 Å². The molecule has 0 aliphatic carbocycles. The van der Waals surface area contributed by atoms with Crippen LogP contribution in [-0.2, 0) is 6.18 Å². The van der Waals surface area contributed by atoms with Gasteiger partial charge in [-0.2, -0.15) is 17.6 Å². The van der Waals surface area contributed by atoms with Gasteiger partial charge in [0.15, 0.2) is 0 Å². The molecule has 2 aromatic rings. The van der Waals surface area contributed by atoms with E-state index in [4.69, 9.17) is 0 Å². The molecule has 0 amide bonds. The van der Waals surface area contributed by atoms with Crippen molar-refractivity contribution in [3.63, 3.8) is 0 Å². The first-order valence-corrected chi connectivity index (χ1v) is 5.66. The Bertz CT molecular complexity index is 679. The molecule has 9 heteroatoms. The number of aromatic nitrogens is 1. The van der Waals surface area contributed by atoms with Gasteiger partial charge in [-0.25, -0.2) is 4.98 Å². The molecule has 2 rings (SSSR count). The molecular weight excluding hydrogens is 319 g/mol. The number of ether oxygens (including phenoxy) is 1. The number of halogens is 7. The van der Waals surface area contributed by atoms with Gasteiger partial charge in [0.1, 0.15) is 5.75 Å². The van der Waals surface area contributed by atoms with Crippen LogP contribution in [0.25, 0.3) is 11.1 Å². The fraction of sp³-hybridized carbons (Fsp3) is 0.154. The Kier molecular flexibility index (Phi) is 3.99. The van der Waals surface area contributed by atoms with Crippen molar-refractivity contribution < 1.29 is 35.5 Å². The lowest BCUT2D eigenvalue weighted by Gasteiger charge is -2.16. The average molecular weight is 325 g/mol. The number of hydrogen-bond donors (Lipinski definition) is 0. The summed E-state index contributed by atoms with van der Waals surface area (Å²) >= 11 is 0. The lowest BCUT2D eigenvalue weighted by Crippen LogP contribution is -2.18. The van der Waals surface area contributed by atoms with Gasteiger partial charge in [0, 0.05) is 23.4 Å². The molecule has 0 spiro atoms. The Morgan fingerprint density at radius 2 is 1.55 bits per heavy atom. The zero-order chi connectivity index (χ0) is 16.5. The predicted molar refractivity (Wildman–Crippen MR) is 61.3 cm³/mol. The van der Waals surface area contributed by atoms with Crippen molar-refractivity contribution in [2.24, 2.45) is 0 Å². The molecule has 1 aromatic heterocycles. The summed E-state index contributed by atoms with van der Waals surface area (Å²) in [6.45, 7) is 0. The van der Waals surface area contributed by atoms with Crippen LogP contribution in [0.5, 0.6) is 5.75 Å². The summed E-state index contributed by atoms with van der Waals surface area (Å²) < 4.78 is 92.5. The highest BCUT2D eigenvalue weighted by Crippen LogP contribution is 2.41. The number of benzene rings is 1. The third-order valence-corrected chi connectivity index (χ3v) is 2.58. The van der Waals surface area contributed by atoms with Gasteiger partial charge in [-0.05, 0) is 6.07 Å². The summed E-state index contributed by atoms with van der Waals surface area (Å²) in [7, 11) is 0. The van der Waals surface area contributed by atoms with Crippen LogP contribution in [0.4, 0.5) is 30.7 Å². The predicted octanol–water partition coefficient (Wildman–Crippen LogP) is 4.81. The van der Waals surface area contributed by atoms with Crippen LogP contribution in [0.2, 0.25) is 0 Å². The minimum atomic E-state index is -5.10. The highest BCUT2D eigenvalue weighted by atomic mass is 19.4. The Hall–Kier alpha value is -2.32. The Morgan fingerprint density at radius 3 is 2.14 bits per heavy atom. The lowest BCUT2D eigenvalue weighted by atomic mass is 10.0. The normalized spacial score (nSPS) is 12.3. The van der Waals surface area contributed by atoms with Gasteiger partial charge in [0.05, 0.1) is 5.56 Å². The van der Waals surface area contributed by atoms with Crippen LogP contribution in [0.1, 0.15) is 5.56 Å². The molecule has 118 valence electrons. The van der Waals surface area contributed by atoms with E-state index < -0.39 is 40.9 Å². The monoisotopic (exact) mass is 325 g/mol. The molecule has 1 aromatic carbocycles. The molecule has 0 atom stereocenters. The highest BCUT2D eigenvalue weighted by Gasteiger charge is 2.37. The summed E-state index contributed by atoms with van der Waals surface area (Å²) in [6, 6.07) is 4.56. The van der Waals surface area contributed by atoms with Crippen LogP contribution in [0.15, 0.2) is 36.5 Å². The third-order valence-electron chi connectivity index (χ3n) is 2.58. The maximum atomic E-state index is 13.1. The molecule has 1 heterocycles. The van der Waals surface area contributed by atoms with Crippen LogP contribution in [0, 0.1) is 5.95 Å². The van der Waals surface area contributed by atoms with Crippen LogP contribution >= 0.6 is 0 Å². The molecule has 0 aliphatic heterocycles. The Balaban J connectivity index is 2.65. The summed E-state index contributed by atoms with van der Waals surface area (Å²) in [6.07, 6.45) is -9.80. The first-order chi connectivity index (χ1) is 10.1. The number of rotatable bonds is 2. The van der Waals surface area contributed by atoms with Gasteiger partial charge in [0.25, 0.3) is 0 Å². The third kappa shape index (κ3) is 3.66. The van der Waals surface area contributed by atoms with Crippen molar-refractivity contribution in [3.8, 4) is 16.9 Å². The van der Waals surface area contributed by atoms with E-state index in [0.29, 0.717) is 6.07 Å². The molecule has 0 bridgehead atoms. The molecule has 0 saturated heterocycles. The first-order valence-electron chi connectivity index (χ1n) is 5.66. The summed E-state index contributed by atoms with van der Waals surface area (Å²) in [4.78, 5) is 2.89. The molecule has 0 fully saturated rings. The number of alkyl halides is 6. The second kappa shape index (κ2) is 5.47. The lowest BCUT2D eigenvalue weighted by molar-refractivity contribution is -0.274. The number of pyridine rings is 1. The zero-order valence-electron chi connectivity index (χ0n) is 10.5. The SMILES string of the molecule is Fc1cc(-c2ccccc2OC(F)(F)F)c(C(F)(F)F)cn1. The van der Waals surface area contributed by atoms with Crippen LogP contribution < -0.4 is 4.74 Å².